The van der Waals surface area contributed by atoms with Crippen molar-refractivity contribution in [3.05, 3.63) is 53.9 Å². The van der Waals surface area contributed by atoms with E-state index < -0.39 is 29.2 Å². The van der Waals surface area contributed by atoms with Crippen LogP contribution >= 0.6 is 0 Å². The van der Waals surface area contributed by atoms with Crippen LogP contribution in [0.3, 0.4) is 0 Å². The summed E-state index contributed by atoms with van der Waals surface area (Å²) in [5, 5.41) is 2.24. The van der Waals surface area contributed by atoms with Crippen molar-refractivity contribution in [3.63, 3.8) is 0 Å². The molecule has 0 amide bonds. The fourth-order valence-corrected chi connectivity index (χ4v) is 1.50. The first-order valence-corrected chi connectivity index (χ1v) is 5.71. The lowest BCUT2D eigenvalue weighted by molar-refractivity contribution is 0.332. The van der Waals surface area contributed by atoms with E-state index in [2.05, 4.69) is 10.3 Å². The van der Waals surface area contributed by atoms with Gasteiger partial charge in [0.15, 0.2) is 0 Å². The summed E-state index contributed by atoms with van der Waals surface area (Å²) in [6.45, 7) is 0.0279. The molecule has 20 heavy (non-hydrogen) atoms. The van der Waals surface area contributed by atoms with E-state index in [0.29, 0.717) is 5.75 Å². The quantitative estimate of drug-likeness (QED) is 0.521. The minimum Gasteiger partial charge on any atom is -0.492 e. The van der Waals surface area contributed by atoms with Crippen molar-refractivity contribution in [2.24, 2.45) is 0 Å². The maximum Gasteiger partial charge on any atom is 0.253 e. The Morgan fingerprint density at radius 1 is 0.950 bits per heavy atom. The number of nitrogens with zero attached hydrogens (tertiary/aromatic N) is 1. The van der Waals surface area contributed by atoms with E-state index in [0.717, 1.165) is 0 Å². The Morgan fingerprint density at radius 3 is 2.15 bits per heavy atom. The fraction of sp³-hybridized carbons (Fsp3) is 0.154. The molecule has 0 aliphatic rings. The SMILES string of the molecule is Fc1nc(F)c(F)c(NCCOc2ccccc2)c1F. The number of ether oxygens (including phenoxy) is 1. The molecule has 0 fully saturated rings. The van der Waals surface area contributed by atoms with Gasteiger partial charge in [0.2, 0.25) is 11.6 Å². The molecule has 0 aliphatic carbocycles. The molecule has 1 aromatic carbocycles. The number of anilines is 1. The van der Waals surface area contributed by atoms with Crippen LogP contribution in [0.1, 0.15) is 0 Å². The Hall–Kier alpha value is -2.31. The van der Waals surface area contributed by atoms with Crippen molar-refractivity contribution in [3.8, 4) is 5.75 Å². The first-order chi connectivity index (χ1) is 9.59. The molecule has 0 bridgehead atoms. The highest BCUT2D eigenvalue weighted by Crippen LogP contribution is 2.21. The van der Waals surface area contributed by atoms with Gasteiger partial charge in [-0.1, -0.05) is 18.2 Å². The van der Waals surface area contributed by atoms with Crippen LogP contribution in [0.25, 0.3) is 0 Å². The van der Waals surface area contributed by atoms with Crippen LogP contribution in [0.15, 0.2) is 30.3 Å². The number of nitrogens with one attached hydrogen (secondary N) is 1. The second kappa shape index (κ2) is 6.23. The van der Waals surface area contributed by atoms with Gasteiger partial charge in [0.05, 0.1) is 0 Å². The first kappa shape index (κ1) is 14.1. The van der Waals surface area contributed by atoms with Gasteiger partial charge in [0.25, 0.3) is 11.9 Å². The number of rotatable bonds is 5. The van der Waals surface area contributed by atoms with Crippen molar-refractivity contribution in [2.45, 2.75) is 0 Å². The van der Waals surface area contributed by atoms with E-state index in [4.69, 9.17) is 4.74 Å². The molecule has 0 saturated heterocycles. The lowest BCUT2D eigenvalue weighted by Crippen LogP contribution is -2.15. The molecular weight excluding hydrogens is 276 g/mol. The summed E-state index contributed by atoms with van der Waals surface area (Å²) in [6.07, 6.45) is 0. The second-order valence-corrected chi connectivity index (χ2v) is 3.78. The molecule has 1 heterocycles. The maximum atomic E-state index is 13.2. The summed E-state index contributed by atoms with van der Waals surface area (Å²) < 4.78 is 57.4. The number of para-hydroxylation sites is 1. The predicted octanol–water partition coefficient (Wildman–Crippen LogP) is 3.13. The lowest BCUT2D eigenvalue weighted by atomic mass is 10.3. The van der Waals surface area contributed by atoms with E-state index in [9.17, 15) is 17.6 Å². The second-order valence-electron chi connectivity index (χ2n) is 3.78. The minimum absolute atomic E-state index is 0.0361. The highest BCUT2D eigenvalue weighted by molar-refractivity contribution is 5.45. The zero-order valence-corrected chi connectivity index (χ0v) is 10.2. The largest absolute Gasteiger partial charge is 0.492 e. The average molecular weight is 286 g/mol. The van der Waals surface area contributed by atoms with E-state index in [1.54, 1.807) is 30.3 Å². The average Bonchev–Trinajstić information content (AvgIpc) is 2.45. The summed E-state index contributed by atoms with van der Waals surface area (Å²) in [5.74, 6) is -5.96. The number of hydrogen-bond donors (Lipinski definition) is 1. The molecule has 0 atom stereocenters. The summed E-state index contributed by atoms with van der Waals surface area (Å²) in [6, 6.07) is 8.73. The minimum atomic E-state index is -1.70. The standard InChI is InChI=1S/C13H10F4N2O/c14-9-11(10(15)13(17)19-12(9)16)18-6-7-20-8-4-2-1-3-5-8/h1-5H,6-7H2,(H,18,19). The Morgan fingerprint density at radius 2 is 1.55 bits per heavy atom. The summed E-state index contributed by atoms with van der Waals surface area (Å²) in [5.41, 5.74) is -0.897. The van der Waals surface area contributed by atoms with Crippen LogP contribution in [0.2, 0.25) is 0 Å². The third kappa shape index (κ3) is 3.17. The molecule has 0 aliphatic heterocycles. The van der Waals surface area contributed by atoms with Crippen molar-refractivity contribution < 1.29 is 22.3 Å². The fourth-order valence-electron chi connectivity index (χ4n) is 1.50. The Balaban J connectivity index is 1.95. The van der Waals surface area contributed by atoms with E-state index in [1.807, 2.05) is 0 Å². The third-order valence-electron chi connectivity index (χ3n) is 2.41. The van der Waals surface area contributed by atoms with Gasteiger partial charge in [-0.15, -0.1) is 0 Å². The third-order valence-corrected chi connectivity index (χ3v) is 2.41. The van der Waals surface area contributed by atoms with Gasteiger partial charge < -0.3 is 10.1 Å². The topological polar surface area (TPSA) is 34.2 Å². The lowest BCUT2D eigenvalue weighted by Gasteiger charge is -2.10. The first-order valence-electron chi connectivity index (χ1n) is 5.71. The number of benzene rings is 1. The van der Waals surface area contributed by atoms with Gasteiger partial charge in [-0.3, -0.25) is 0 Å². The zero-order valence-electron chi connectivity index (χ0n) is 10.2. The van der Waals surface area contributed by atoms with Crippen LogP contribution in [-0.2, 0) is 0 Å². The smallest absolute Gasteiger partial charge is 0.253 e. The van der Waals surface area contributed by atoms with E-state index >= 15 is 0 Å². The number of halogens is 4. The maximum absolute atomic E-state index is 13.2. The van der Waals surface area contributed by atoms with Gasteiger partial charge in [-0.25, -0.2) is 0 Å². The van der Waals surface area contributed by atoms with E-state index in [-0.39, 0.29) is 13.2 Å². The zero-order chi connectivity index (χ0) is 14.5. The van der Waals surface area contributed by atoms with Crippen molar-refractivity contribution in [2.75, 3.05) is 18.5 Å². The highest BCUT2D eigenvalue weighted by atomic mass is 19.2. The summed E-state index contributed by atoms with van der Waals surface area (Å²) >= 11 is 0. The highest BCUT2D eigenvalue weighted by Gasteiger charge is 2.20. The normalized spacial score (nSPS) is 10.4. The molecule has 0 radical (unpaired) electrons. The predicted molar refractivity (Wildman–Crippen MR) is 64.5 cm³/mol. The van der Waals surface area contributed by atoms with Crippen LogP contribution in [0.5, 0.6) is 5.75 Å². The van der Waals surface area contributed by atoms with E-state index in [1.165, 1.54) is 0 Å². The van der Waals surface area contributed by atoms with Gasteiger partial charge in [-0.05, 0) is 12.1 Å². The summed E-state index contributed by atoms with van der Waals surface area (Å²) in [7, 11) is 0. The molecule has 3 nitrogen and oxygen atoms in total. The number of pyridine rings is 1. The molecule has 2 rings (SSSR count). The molecule has 0 unspecified atom stereocenters. The number of aromatic nitrogens is 1. The van der Waals surface area contributed by atoms with Crippen LogP contribution in [0, 0.1) is 23.5 Å². The van der Waals surface area contributed by atoms with Gasteiger partial charge in [0.1, 0.15) is 18.0 Å². The molecular formula is C13H10F4N2O. The monoisotopic (exact) mass is 286 g/mol. The molecule has 1 aromatic heterocycles. The summed E-state index contributed by atoms with van der Waals surface area (Å²) in [4.78, 5) is 2.45. The van der Waals surface area contributed by atoms with Gasteiger partial charge >= 0.3 is 0 Å². The Labute approximate surface area is 112 Å². The van der Waals surface area contributed by atoms with Crippen molar-refractivity contribution >= 4 is 5.69 Å². The molecule has 1 N–H and O–H groups in total. The molecule has 0 spiro atoms. The van der Waals surface area contributed by atoms with Crippen LogP contribution in [-0.4, -0.2) is 18.1 Å². The molecule has 7 heteroatoms. The van der Waals surface area contributed by atoms with Crippen molar-refractivity contribution in [1.82, 2.24) is 4.98 Å². The molecule has 0 saturated carbocycles. The Bertz CT molecular complexity index is 566. The molecule has 106 valence electrons. The van der Waals surface area contributed by atoms with Crippen LogP contribution in [0.4, 0.5) is 23.2 Å². The Kier molecular flexibility index (Phi) is 4.39. The molecule has 2 aromatic rings. The van der Waals surface area contributed by atoms with Gasteiger partial charge in [0, 0.05) is 6.54 Å². The van der Waals surface area contributed by atoms with Gasteiger partial charge in [-0.2, -0.15) is 22.5 Å². The number of hydrogen-bond acceptors (Lipinski definition) is 3. The van der Waals surface area contributed by atoms with Crippen molar-refractivity contribution in [1.29, 1.82) is 0 Å². The van der Waals surface area contributed by atoms with Crippen LogP contribution < -0.4 is 10.1 Å².